The van der Waals surface area contributed by atoms with Crippen LogP contribution in [0, 0.1) is 0 Å². The highest BCUT2D eigenvalue weighted by Crippen LogP contribution is 2.29. The lowest BCUT2D eigenvalue weighted by Gasteiger charge is -2.32. The molecule has 1 aromatic carbocycles. The number of nitrogens with one attached hydrogen (secondary N) is 1. The first kappa shape index (κ1) is 15.3. The Labute approximate surface area is 118 Å². The molecule has 1 aliphatic heterocycles. The van der Waals surface area contributed by atoms with Gasteiger partial charge in [-0.2, -0.15) is 13.2 Å². The van der Waals surface area contributed by atoms with Crippen molar-refractivity contribution < 1.29 is 13.2 Å². The molecule has 0 amide bonds. The third-order valence-corrected chi connectivity index (χ3v) is 3.91. The zero-order chi connectivity index (χ0) is 14.6. The number of halogens is 3. The standard InChI is InChI=1S/C15H21F3N2/c1-20-9-3-2-4-14(20)11-19-10-12-5-7-13(8-6-12)15(16,17)18/h5-8,14,19H,2-4,9-11H2,1H3. The molecule has 1 heterocycles. The smallest absolute Gasteiger partial charge is 0.311 e. The number of likely N-dealkylation sites (tertiary alicyclic amines) is 1. The molecule has 1 aliphatic rings. The number of rotatable bonds is 4. The summed E-state index contributed by atoms with van der Waals surface area (Å²) in [6.45, 7) is 2.63. The lowest BCUT2D eigenvalue weighted by molar-refractivity contribution is -0.137. The van der Waals surface area contributed by atoms with Crippen molar-refractivity contribution in [2.24, 2.45) is 0 Å². The SMILES string of the molecule is CN1CCCCC1CNCc1ccc(C(F)(F)F)cc1. The highest BCUT2D eigenvalue weighted by atomic mass is 19.4. The minimum atomic E-state index is -4.25. The molecule has 0 spiro atoms. The molecule has 1 atom stereocenters. The van der Waals surface area contributed by atoms with Crippen LogP contribution < -0.4 is 5.32 Å². The number of piperidine rings is 1. The van der Waals surface area contributed by atoms with Gasteiger partial charge in [0.25, 0.3) is 0 Å². The molecule has 1 N–H and O–H groups in total. The summed E-state index contributed by atoms with van der Waals surface area (Å²) >= 11 is 0. The van der Waals surface area contributed by atoms with E-state index in [0.717, 1.165) is 30.8 Å². The van der Waals surface area contributed by atoms with Gasteiger partial charge in [-0.25, -0.2) is 0 Å². The Hall–Kier alpha value is -1.07. The normalized spacial score (nSPS) is 21.1. The number of likely N-dealkylation sites (N-methyl/N-ethyl adjacent to an activating group) is 1. The Morgan fingerprint density at radius 1 is 1.20 bits per heavy atom. The molecule has 2 rings (SSSR count). The maximum absolute atomic E-state index is 12.4. The molecular formula is C15H21F3N2. The largest absolute Gasteiger partial charge is 0.416 e. The highest BCUT2D eigenvalue weighted by Gasteiger charge is 2.29. The maximum atomic E-state index is 12.4. The van der Waals surface area contributed by atoms with Crippen LogP contribution in [0.25, 0.3) is 0 Å². The first-order chi connectivity index (χ1) is 9.47. The summed E-state index contributed by atoms with van der Waals surface area (Å²) in [6.07, 6.45) is -0.545. The maximum Gasteiger partial charge on any atom is 0.416 e. The van der Waals surface area contributed by atoms with Gasteiger partial charge in [-0.05, 0) is 44.1 Å². The lowest BCUT2D eigenvalue weighted by atomic mass is 10.0. The van der Waals surface area contributed by atoms with Crippen molar-refractivity contribution >= 4 is 0 Å². The molecule has 5 heteroatoms. The van der Waals surface area contributed by atoms with Crippen LogP contribution in [0.1, 0.15) is 30.4 Å². The quantitative estimate of drug-likeness (QED) is 0.914. The third kappa shape index (κ3) is 4.21. The van der Waals surface area contributed by atoms with Crippen LogP contribution in [0.3, 0.4) is 0 Å². The Balaban J connectivity index is 1.79. The summed E-state index contributed by atoms with van der Waals surface area (Å²) in [6, 6.07) is 5.91. The fourth-order valence-electron chi connectivity index (χ4n) is 2.60. The highest BCUT2D eigenvalue weighted by molar-refractivity contribution is 5.24. The topological polar surface area (TPSA) is 15.3 Å². The molecule has 0 saturated carbocycles. The van der Waals surface area contributed by atoms with Crippen LogP contribution in [-0.2, 0) is 12.7 Å². The van der Waals surface area contributed by atoms with Gasteiger partial charge >= 0.3 is 6.18 Å². The number of benzene rings is 1. The van der Waals surface area contributed by atoms with Crippen molar-refractivity contribution in [2.75, 3.05) is 20.1 Å². The van der Waals surface area contributed by atoms with Gasteiger partial charge < -0.3 is 10.2 Å². The van der Waals surface area contributed by atoms with Gasteiger partial charge in [0.15, 0.2) is 0 Å². The van der Waals surface area contributed by atoms with Crippen LogP contribution in [0.15, 0.2) is 24.3 Å². The van der Waals surface area contributed by atoms with Gasteiger partial charge in [-0.1, -0.05) is 18.6 Å². The molecule has 0 aromatic heterocycles. The second-order valence-electron chi connectivity index (χ2n) is 5.46. The first-order valence-electron chi connectivity index (χ1n) is 7.04. The van der Waals surface area contributed by atoms with Gasteiger partial charge in [0.1, 0.15) is 0 Å². The summed E-state index contributed by atoms with van der Waals surface area (Å²) in [5.74, 6) is 0. The van der Waals surface area contributed by atoms with Gasteiger partial charge in [0, 0.05) is 19.1 Å². The molecular weight excluding hydrogens is 265 g/mol. The minimum absolute atomic E-state index is 0.540. The second kappa shape index (κ2) is 6.59. The van der Waals surface area contributed by atoms with E-state index in [1.165, 1.54) is 19.3 Å². The van der Waals surface area contributed by atoms with Crippen molar-refractivity contribution in [1.29, 1.82) is 0 Å². The molecule has 1 fully saturated rings. The third-order valence-electron chi connectivity index (χ3n) is 3.91. The number of alkyl halides is 3. The van der Waals surface area contributed by atoms with Crippen molar-refractivity contribution in [3.05, 3.63) is 35.4 Å². The Bertz CT molecular complexity index is 414. The van der Waals surface area contributed by atoms with Crippen LogP contribution in [0.2, 0.25) is 0 Å². The molecule has 1 aromatic rings. The molecule has 0 aliphatic carbocycles. The average Bonchev–Trinajstić information content (AvgIpc) is 2.40. The van der Waals surface area contributed by atoms with Gasteiger partial charge in [-0.15, -0.1) is 0 Å². The second-order valence-corrected chi connectivity index (χ2v) is 5.46. The van der Waals surface area contributed by atoms with E-state index in [9.17, 15) is 13.2 Å². The molecule has 20 heavy (non-hydrogen) atoms. The van der Waals surface area contributed by atoms with E-state index in [1.807, 2.05) is 0 Å². The fourth-order valence-corrected chi connectivity index (χ4v) is 2.60. The molecule has 112 valence electrons. The summed E-state index contributed by atoms with van der Waals surface area (Å²) in [5, 5.41) is 3.34. The summed E-state index contributed by atoms with van der Waals surface area (Å²) < 4.78 is 37.3. The van der Waals surface area contributed by atoms with Crippen molar-refractivity contribution in [3.8, 4) is 0 Å². The molecule has 2 nitrogen and oxygen atoms in total. The monoisotopic (exact) mass is 286 g/mol. The van der Waals surface area contributed by atoms with Crippen LogP contribution in [0.5, 0.6) is 0 Å². The molecule has 1 saturated heterocycles. The first-order valence-corrected chi connectivity index (χ1v) is 7.04. The number of nitrogens with zero attached hydrogens (tertiary/aromatic N) is 1. The zero-order valence-corrected chi connectivity index (χ0v) is 11.7. The van der Waals surface area contributed by atoms with Crippen LogP contribution in [-0.4, -0.2) is 31.1 Å². The van der Waals surface area contributed by atoms with E-state index in [0.29, 0.717) is 12.6 Å². The zero-order valence-electron chi connectivity index (χ0n) is 11.7. The van der Waals surface area contributed by atoms with Crippen LogP contribution >= 0.6 is 0 Å². The van der Waals surface area contributed by atoms with E-state index in [-0.39, 0.29) is 0 Å². The predicted molar refractivity (Wildman–Crippen MR) is 73.4 cm³/mol. The predicted octanol–water partition coefficient (Wildman–Crippen LogP) is 3.28. The molecule has 0 bridgehead atoms. The summed E-state index contributed by atoms with van der Waals surface area (Å²) in [5.41, 5.74) is 0.296. The van der Waals surface area contributed by atoms with Gasteiger partial charge in [0.2, 0.25) is 0 Å². The van der Waals surface area contributed by atoms with Crippen molar-refractivity contribution in [1.82, 2.24) is 10.2 Å². The van der Waals surface area contributed by atoms with E-state index in [4.69, 9.17) is 0 Å². The van der Waals surface area contributed by atoms with Gasteiger partial charge in [-0.3, -0.25) is 0 Å². The minimum Gasteiger partial charge on any atom is -0.311 e. The van der Waals surface area contributed by atoms with Crippen LogP contribution in [0.4, 0.5) is 13.2 Å². The lowest BCUT2D eigenvalue weighted by Crippen LogP contribution is -2.42. The summed E-state index contributed by atoms with van der Waals surface area (Å²) in [7, 11) is 2.13. The van der Waals surface area contributed by atoms with Crippen molar-refractivity contribution in [3.63, 3.8) is 0 Å². The Morgan fingerprint density at radius 3 is 2.50 bits per heavy atom. The van der Waals surface area contributed by atoms with Gasteiger partial charge in [0.05, 0.1) is 5.56 Å². The molecule has 0 radical (unpaired) electrons. The van der Waals surface area contributed by atoms with E-state index in [2.05, 4.69) is 17.3 Å². The Kier molecular flexibility index (Phi) is 5.05. The average molecular weight is 286 g/mol. The van der Waals surface area contributed by atoms with E-state index in [1.54, 1.807) is 12.1 Å². The Morgan fingerprint density at radius 2 is 1.90 bits per heavy atom. The number of hydrogen-bond donors (Lipinski definition) is 1. The molecule has 1 unspecified atom stereocenters. The van der Waals surface area contributed by atoms with E-state index < -0.39 is 11.7 Å². The van der Waals surface area contributed by atoms with Crippen molar-refractivity contribution in [2.45, 2.75) is 38.0 Å². The van der Waals surface area contributed by atoms with E-state index >= 15 is 0 Å². The fraction of sp³-hybridized carbons (Fsp3) is 0.600. The summed E-state index contributed by atoms with van der Waals surface area (Å²) in [4.78, 5) is 2.35. The number of hydrogen-bond acceptors (Lipinski definition) is 2.